The monoisotopic (exact) mass is 442 g/mol. The molecule has 0 radical (unpaired) electrons. The molecule has 0 bridgehead atoms. The second kappa shape index (κ2) is 10.8. The first-order valence-corrected chi connectivity index (χ1v) is 10.9. The molecule has 0 unspecified atom stereocenters. The highest BCUT2D eigenvalue weighted by Gasteiger charge is 2.27. The third-order valence-corrected chi connectivity index (χ3v) is 5.52. The number of nitrogens with one attached hydrogen (secondary N) is 3. The fourth-order valence-electron chi connectivity index (χ4n) is 3.68. The molecule has 1 aromatic carbocycles. The maximum atomic E-state index is 12.5. The average Bonchev–Trinajstić information content (AvgIpc) is 3.28. The lowest BCUT2D eigenvalue weighted by Gasteiger charge is -2.22. The van der Waals surface area contributed by atoms with Crippen molar-refractivity contribution in [3.63, 3.8) is 0 Å². The van der Waals surface area contributed by atoms with Crippen LogP contribution in [0.3, 0.4) is 0 Å². The number of nitrogens with zero attached hydrogens (tertiary/aromatic N) is 1. The molecular formula is C23H30N4O5. The summed E-state index contributed by atoms with van der Waals surface area (Å²) in [6.45, 7) is 3.61. The Morgan fingerprint density at radius 1 is 1.09 bits per heavy atom. The number of aromatic nitrogens is 1. The number of benzene rings is 1. The second-order valence-corrected chi connectivity index (χ2v) is 8.31. The Kier molecular flexibility index (Phi) is 7.86. The van der Waals surface area contributed by atoms with Crippen molar-refractivity contribution in [3.05, 3.63) is 36.1 Å². The van der Waals surface area contributed by atoms with E-state index in [1.807, 2.05) is 0 Å². The zero-order chi connectivity index (χ0) is 23.1. The van der Waals surface area contributed by atoms with Crippen molar-refractivity contribution in [1.29, 1.82) is 0 Å². The molecule has 172 valence electrons. The van der Waals surface area contributed by atoms with Crippen LogP contribution in [0, 0.1) is 5.92 Å². The van der Waals surface area contributed by atoms with Crippen molar-refractivity contribution >= 4 is 23.6 Å². The van der Waals surface area contributed by atoms with E-state index in [2.05, 4.69) is 21.1 Å². The minimum Gasteiger partial charge on any atom is -0.467 e. The van der Waals surface area contributed by atoms with E-state index < -0.39 is 17.9 Å². The third kappa shape index (κ3) is 6.09. The van der Waals surface area contributed by atoms with Crippen molar-refractivity contribution in [1.82, 2.24) is 15.8 Å². The van der Waals surface area contributed by atoms with Gasteiger partial charge in [-0.15, -0.1) is 0 Å². The summed E-state index contributed by atoms with van der Waals surface area (Å²) in [5, 5.41) is 12.4. The largest absolute Gasteiger partial charge is 0.467 e. The van der Waals surface area contributed by atoms with E-state index in [1.165, 1.54) is 19.6 Å². The number of amides is 3. The van der Waals surface area contributed by atoms with Crippen molar-refractivity contribution in [2.45, 2.75) is 58.0 Å². The van der Waals surface area contributed by atoms with Gasteiger partial charge in [0.1, 0.15) is 11.7 Å². The first-order chi connectivity index (χ1) is 15.4. The SMILES string of the molecule is COC(=O)[C@@H](NC(=O)c1cc(-c2ccc(NC(=O)NC3CCCCC3)cc2)no1)C(C)C. The highest BCUT2D eigenvalue weighted by molar-refractivity contribution is 5.95. The predicted octanol–water partition coefficient (Wildman–Crippen LogP) is 3.72. The van der Waals surface area contributed by atoms with Crippen LogP contribution < -0.4 is 16.0 Å². The van der Waals surface area contributed by atoms with Gasteiger partial charge in [0.15, 0.2) is 0 Å². The number of hydrogen-bond donors (Lipinski definition) is 3. The van der Waals surface area contributed by atoms with Crippen molar-refractivity contribution in [2.75, 3.05) is 12.4 Å². The molecule has 3 amide bonds. The topological polar surface area (TPSA) is 123 Å². The quantitative estimate of drug-likeness (QED) is 0.562. The fourth-order valence-corrected chi connectivity index (χ4v) is 3.68. The number of anilines is 1. The molecule has 1 atom stereocenters. The normalized spacial score (nSPS) is 15.1. The van der Waals surface area contributed by atoms with Gasteiger partial charge in [-0.25, -0.2) is 9.59 Å². The average molecular weight is 443 g/mol. The summed E-state index contributed by atoms with van der Waals surface area (Å²) in [5.41, 5.74) is 1.84. The highest BCUT2D eigenvalue weighted by Crippen LogP contribution is 2.22. The van der Waals surface area contributed by atoms with Gasteiger partial charge in [-0.3, -0.25) is 4.79 Å². The van der Waals surface area contributed by atoms with Gasteiger partial charge in [0.05, 0.1) is 7.11 Å². The zero-order valence-corrected chi connectivity index (χ0v) is 18.6. The molecule has 0 saturated heterocycles. The lowest BCUT2D eigenvalue weighted by atomic mass is 9.96. The standard InChI is InChI=1S/C23H30N4O5/c1-14(2)20(22(29)31-3)26-21(28)19-13-18(27-32-19)15-9-11-17(12-10-15)25-23(30)24-16-7-5-4-6-8-16/h9-14,16,20H,4-8H2,1-3H3,(H,26,28)(H2,24,25,30)/t20-/m0/s1. The van der Waals surface area contributed by atoms with Gasteiger partial charge in [0.2, 0.25) is 5.76 Å². The number of methoxy groups -OCH3 is 1. The van der Waals surface area contributed by atoms with Gasteiger partial charge in [-0.2, -0.15) is 0 Å². The van der Waals surface area contributed by atoms with Gasteiger partial charge in [0, 0.05) is 23.4 Å². The molecule has 3 rings (SSSR count). The molecule has 3 N–H and O–H groups in total. The third-order valence-electron chi connectivity index (χ3n) is 5.52. The van der Waals surface area contributed by atoms with Crippen LogP contribution in [0.5, 0.6) is 0 Å². The Hall–Kier alpha value is -3.36. The zero-order valence-electron chi connectivity index (χ0n) is 18.6. The predicted molar refractivity (Wildman–Crippen MR) is 119 cm³/mol. The molecular weight excluding hydrogens is 412 g/mol. The van der Waals surface area contributed by atoms with Gasteiger partial charge in [-0.1, -0.05) is 50.4 Å². The number of carbonyl (C=O) groups excluding carboxylic acids is 3. The molecule has 9 heteroatoms. The van der Waals surface area contributed by atoms with Gasteiger partial charge >= 0.3 is 12.0 Å². The van der Waals surface area contributed by atoms with Gasteiger partial charge in [-0.05, 0) is 30.9 Å². The molecule has 0 aliphatic heterocycles. The highest BCUT2D eigenvalue weighted by atomic mass is 16.5. The minimum atomic E-state index is -0.786. The number of esters is 1. The first-order valence-electron chi connectivity index (χ1n) is 10.9. The maximum Gasteiger partial charge on any atom is 0.328 e. The van der Waals surface area contributed by atoms with E-state index >= 15 is 0 Å². The summed E-state index contributed by atoms with van der Waals surface area (Å²) >= 11 is 0. The number of ether oxygens (including phenoxy) is 1. The molecule has 0 spiro atoms. The van der Waals surface area contributed by atoms with E-state index in [0.29, 0.717) is 11.4 Å². The van der Waals surface area contributed by atoms with Gasteiger partial charge in [0.25, 0.3) is 5.91 Å². The van der Waals surface area contributed by atoms with E-state index in [9.17, 15) is 14.4 Å². The second-order valence-electron chi connectivity index (χ2n) is 8.31. The lowest BCUT2D eigenvalue weighted by Crippen LogP contribution is -2.44. The van der Waals surface area contributed by atoms with Crippen LogP contribution in [0.25, 0.3) is 11.3 Å². The Morgan fingerprint density at radius 3 is 2.41 bits per heavy atom. The van der Waals surface area contributed by atoms with Crippen LogP contribution in [0.1, 0.15) is 56.5 Å². The fraction of sp³-hybridized carbons (Fsp3) is 0.478. The van der Waals surface area contributed by atoms with Gasteiger partial charge < -0.3 is 25.2 Å². The molecule has 9 nitrogen and oxygen atoms in total. The summed E-state index contributed by atoms with van der Waals surface area (Å²) in [4.78, 5) is 36.5. The van der Waals surface area contributed by atoms with Crippen LogP contribution in [0.2, 0.25) is 0 Å². The van der Waals surface area contributed by atoms with Crippen molar-refractivity contribution in [2.24, 2.45) is 5.92 Å². The number of carbonyl (C=O) groups is 3. The van der Waals surface area contributed by atoms with Crippen LogP contribution in [-0.2, 0) is 9.53 Å². The molecule has 1 aromatic heterocycles. The summed E-state index contributed by atoms with van der Waals surface area (Å²) in [5.74, 6) is -1.23. The Balaban J connectivity index is 1.59. The van der Waals surface area contributed by atoms with Crippen molar-refractivity contribution < 1.29 is 23.6 Å². The number of hydrogen-bond acceptors (Lipinski definition) is 6. The minimum absolute atomic E-state index is 0.0105. The summed E-state index contributed by atoms with van der Waals surface area (Å²) in [6.07, 6.45) is 5.57. The number of rotatable bonds is 7. The Labute approximate surface area is 187 Å². The smallest absolute Gasteiger partial charge is 0.328 e. The maximum absolute atomic E-state index is 12.5. The molecule has 1 saturated carbocycles. The van der Waals surface area contributed by atoms with E-state index in [-0.39, 0.29) is 23.8 Å². The molecule has 2 aromatic rings. The van der Waals surface area contributed by atoms with Crippen LogP contribution in [0.4, 0.5) is 10.5 Å². The summed E-state index contributed by atoms with van der Waals surface area (Å²) < 4.78 is 9.89. The molecule has 1 heterocycles. The van der Waals surface area contributed by atoms with Crippen LogP contribution in [0.15, 0.2) is 34.9 Å². The van der Waals surface area contributed by atoms with Crippen LogP contribution in [-0.4, -0.2) is 42.3 Å². The lowest BCUT2D eigenvalue weighted by molar-refractivity contribution is -0.144. The molecule has 1 aliphatic rings. The van der Waals surface area contributed by atoms with E-state index in [1.54, 1.807) is 38.1 Å². The Bertz CT molecular complexity index is 932. The van der Waals surface area contributed by atoms with Crippen molar-refractivity contribution in [3.8, 4) is 11.3 Å². The molecule has 1 fully saturated rings. The first kappa shape index (κ1) is 23.3. The Morgan fingerprint density at radius 2 is 1.78 bits per heavy atom. The van der Waals surface area contributed by atoms with E-state index in [4.69, 9.17) is 9.26 Å². The number of urea groups is 1. The summed E-state index contributed by atoms with van der Waals surface area (Å²) in [6, 6.07) is 7.82. The van der Waals surface area contributed by atoms with E-state index in [0.717, 1.165) is 31.2 Å². The molecule has 1 aliphatic carbocycles. The summed E-state index contributed by atoms with van der Waals surface area (Å²) in [7, 11) is 1.27. The van der Waals surface area contributed by atoms with Crippen LogP contribution >= 0.6 is 0 Å². The molecule has 32 heavy (non-hydrogen) atoms.